The normalized spacial score (nSPS) is 11.9. The van der Waals surface area contributed by atoms with E-state index in [1.165, 1.54) is 83.5 Å². The van der Waals surface area contributed by atoms with Gasteiger partial charge in [0.05, 0.1) is 0 Å². The van der Waals surface area contributed by atoms with Gasteiger partial charge in [0.2, 0.25) is 0 Å². The molecule has 0 aromatic rings. The van der Waals surface area contributed by atoms with Gasteiger partial charge in [-0.3, -0.25) is 0 Å². The highest BCUT2D eigenvalue weighted by Crippen LogP contribution is 2.13. The molecule has 0 amide bonds. The zero-order chi connectivity index (χ0) is 14.9. The van der Waals surface area contributed by atoms with Gasteiger partial charge in [-0.15, -0.1) is 0 Å². The standard InChI is InChI=1S/C17H37N3/c1-2-3-4-5-6-7-8-9-10-11-12-13-14-15-16-17(18)20-19/h2-16,19H2,1H3,(H2,18,20). The summed E-state index contributed by atoms with van der Waals surface area (Å²) in [5.74, 6) is 5.68. The van der Waals surface area contributed by atoms with Crippen LogP contribution in [0.3, 0.4) is 0 Å². The molecule has 3 nitrogen and oxygen atoms in total. The number of rotatable bonds is 15. The van der Waals surface area contributed by atoms with E-state index in [1.54, 1.807) is 0 Å². The lowest BCUT2D eigenvalue weighted by Gasteiger charge is -2.03. The van der Waals surface area contributed by atoms with Crippen LogP contribution < -0.4 is 11.6 Å². The minimum Gasteiger partial charge on any atom is -0.386 e. The second kappa shape index (κ2) is 16.3. The van der Waals surface area contributed by atoms with Crippen molar-refractivity contribution in [2.24, 2.45) is 16.7 Å². The van der Waals surface area contributed by atoms with Gasteiger partial charge in [0.25, 0.3) is 0 Å². The Kier molecular flexibility index (Phi) is 15.7. The molecule has 0 radical (unpaired) electrons. The maximum absolute atomic E-state index is 5.55. The van der Waals surface area contributed by atoms with Crippen LogP contribution in [0.4, 0.5) is 0 Å². The fraction of sp³-hybridized carbons (Fsp3) is 0.941. The lowest BCUT2D eigenvalue weighted by molar-refractivity contribution is 0.537. The molecule has 0 bridgehead atoms. The summed E-state index contributed by atoms with van der Waals surface area (Å²) in [4.78, 5) is 0. The van der Waals surface area contributed by atoms with Gasteiger partial charge < -0.3 is 11.6 Å². The summed E-state index contributed by atoms with van der Waals surface area (Å²) in [6.45, 7) is 2.28. The highest BCUT2D eigenvalue weighted by molar-refractivity contribution is 5.79. The van der Waals surface area contributed by atoms with Gasteiger partial charge in [-0.2, -0.15) is 5.10 Å². The van der Waals surface area contributed by atoms with Crippen molar-refractivity contribution < 1.29 is 0 Å². The van der Waals surface area contributed by atoms with Gasteiger partial charge in [-0.05, 0) is 6.42 Å². The molecular weight excluding hydrogens is 246 g/mol. The van der Waals surface area contributed by atoms with Gasteiger partial charge in [0.1, 0.15) is 5.84 Å². The molecule has 0 unspecified atom stereocenters. The monoisotopic (exact) mass is 283 g/mol. The zero-order valence-electron chi connectivity index (χ0n) is 13.7. The Morgan fingerprint density at radius 2 is 1.00 bits per heavy atom. The van der Waals surface area contributed by atoms with E-state index in [0.29, 0.717) is 5.84 Å². The van der Waals surface area contributed by atoms with Crippen LogP contribution in [-0.2, 0) is 0 Å². The number of nitrogens with zero attached hydrogens (tertiary/aromatic N) is 1. The van der Waals surface area contributed by atoms with E-state index in [4.69, 9.17) is 11.6 Å². The van der Waals surface area contributed by atoms with Gasteiger partial charge >= 0.3 is 0 Å². The smallest absolute Gasteiger partial charge is 0.119 e. The van der Waals surface area contributed by atoms with Crippen molar-refractivity contribution in [3.8, 4) is 0 Å². The molecule has 120 valence electrons. The fourth-order valence-electron chi connectivity index (χ4n) is 2.57. The second-order valence-corrected chi connectivity index (χ2v) is 5.97. The third-order valence-electron chi connectivity index (χ3n) is 3.95. The summed E-state index contributed by atoms with van der Waals surface area (Å²) in [6.07, 6.45) is 20.2. The molecule has 0 atom stereocenters. The lowest BCUT2D eigenvalue weighted by atomic mass is 10.0. The first-order valence-electron chi connectivity index (χ1n) is 8.83. The summed E-state index contributed by atoms with van der Waals surface area (Å²) >= 11 is 0. The SMILES string of the molecule is CCCCCCCCCCCCCCCC/C(N)=N/N. The third kappa shape index (κ3) is 15.3. The molecule has 0 saturated heterocycles. The molecule has 0 rings (SSSR count). The Hall–Kier alpha value is -0.730. The largest absolute Gasteiger partial charge is 0.386 e. The molecule has 0 saturated carbocycles. The molecule has 0 aromatic carbocycles. The molecule has 0 heterocycles. The maximum atomic E-state index is 5.55. The Morgan fingerprint density at radius 3 is 1.35 bits per heavy atom. The number of hydrazone groups is 1. The quantitative estimate of drug-likeness (QED) is 0.144. The molecular formula is C17H37N3. The summed E-state index contributed by atoms with van der Waals surface area (Å²) in [6, 6.07) is 0. The summed E-state index contributed by atoms with van der Waals surface area (Å²) in [5, 5.41) is 3.48. The Morgan fingerprint density at radius 1 is 0.650 bits per heavy atom. The fourth-order valence-corrected chi connectivity index (χ4v) is 2.57. The zero-order valence-corrected chi connectivity index (χ0v) is 13.7. The van der Waals surface area contributed by atoms with E-state index in [2.05, 4.69) is 12.0 Å². The van der Waals surface area contributed by atoms with Gasteiger partial charge in [-0.1, -0.05) is 90.4 Å². The molecule has 0 aromatic heterocycles. The van der Waals surface area contributed by atoms with Crippen LogP contribution in [0.15, 0.2) is 5.10 Å². The van der Waals surface area contributed by atoms with Crippen LogP contribution in [-0.4, -0.2) is 5.84 Å². The van der Waals surface area contributed by atoms with Crippen molar-refractivity contribution >= 4 is 5.84 Å². The average Bonchev–Trinajstić information content (AvgIpc) is 2.47. The van der Waals surface area contributed by atoms with Crippen LogP contribution >= 0.6 is 0 Å². The topological polar surface area (TPSA) is 64.4 Å². The van der Waals surface area contributed by atoms with E-state index in [9.17, 15) is 0 Å². The highest BCUT2D eigenvalue weighted by atomic mass is 15.1. The molecule has 0 aliphatic rings. The molecule has 0 aliphatic heterocycles. The van der Waals surface area contributed by atoms with Crippen LogP contribution in [0, 0.1) is 0 Å². The molecule has 0 aliphatic carbocycles. The Labute approximate surface area is 126 Å². The maximum Gasteiger partial charge on any atom is 0.119 e. The molecule has 4 N–H and O–H groups in total. The van der Waals surface area contributed by atoms with Crippen molar-refractivity contribution in [2.45, 2.75) is 103 Å². The predicted octanol–water partition coefficient (Wildman–Crippen LogP) is 5.09. The van der Waals surface area contributed by atoms with Gasteiger partial charge in [-0.25, -0.2) is 0 Å². The van der Waals surface area contributed by atoms with Crippen molar-refractivity contribution in [2.75, 3.05) is 0 Å². The first-order valence-corrected chi connectivity index (χ1v) is 8.83. The number of unbranched alkanes of at least 4 members (excludes halogenated alkanes) is 13. The van der Waals surface area contributed by atoms with E-state index in [1.807, 2.05) is 0 Å². The van der Waals surface area contributed by atoms with E-state index in [0.717, 1.165) is 12.8 Å². The molecule has 0 fully saturated rings. The molecule has 3 heteroatoms. The van der Waals surface area contributed by atoms with Crippen molar-refractivity contribution in [1.29, 1.82) is 0 Å². The average molecular weight is 284 g/mol. The van der Waals surface area contributed by atoms with Crippen LogP contribution in [0.25, 0.3) is 0 Å². The summed E-state index contributed by atoms with van der Waals surface area (Å²) in [5.41, 5.74) is 5.55. The predicted molar refractivity (Wildman–Crippen MR) is 90.7 cm³/mol. The summed E-state index contributed by atoms with van der Waals surface area (Å²) in [7, 11) is 0. The Bertz CT molecular complexity index is 214. The van der Waals surface area contributed by atoms with Gasteiger partial charge in [0, 0.05) is 6.42 Å². The third-order valence-corrected chi connectivity index (χ3v) is 3.95. The summed E-state index contributed by atoms with van der Waals surface area (Å²) < 4.78 is 0. The van der Waals surface area contributed by atoms with E-state index < -0.39 is 0 Å². The van der Waals surface area contributed by atoms with Crippen molar-refractivity contribution in [1.82, 2.24) is 0 Å². The molecule has 20 heavy (non-hydrogen) atoms. The second-order valence-electron chi connectivity index (χ2n) is 5.97. The first kappa shape index (κ1) is 19.3. The van der Waals surface area contributed by atoms with Crippen LogP contribution in [0.5, 0.6) is 0 Å². The number of hydrogen-bond acceptors (Lipinski definition) is 2. The van der Waals surface area contributed by atoms with Crippen molar-refractivity contribution in [3.63, 3.8) is 0 Å². The minimum atomic E-state index is 0.587. The minimum absolute atomic E-state index is 0.587. The van der Waals surface area contributed by atoms with E-state index >= 15 is 0 Å². The molecule has 0 spiro atoms. The Balaban J connectivity index is 2.99. The number of hydrogen-bond donors (Lipinski definition) is 2. The highest BCUT2D eigenvalue weighted by Gasteiger charge is 1.95. The first-order chi connectivity index (χ1) is 9.81. The van der Waals surface area contributed by atoms with E-state index in [-0.39, 0.29) is 0 Å². The van der Waals surface area contributed by atoms with Crippen LogP contribution in [0.2, 0.25) is 0 Å². The van der Waals surface area contributed by atoms with Crippen molar-refractivity contribution in [3.05, 3.63) is 0 Å². The van der Waals surface area contributed by atoms with Gasteiger partial charge in [0.15, 0.2) is 0 Å². The number of amidine groups is 1. The lowest BCUT2D eigenvalue weighted by Crippen LogP contribution is -2.13. The van der Waals surface area contributed by atoms with Crippen LogP contribution in [0.1, 0.15) is 103 Å². The number of nitrogens with two attached hydrogens (primary N) is 2.